The molecule has 0 aromatic rings. The van der Waals surface area contributed by atoms with Crippen molar-refractivity contribution >= 4 is 0 Å². The molecule has 0 saturated heterocycles. The second-order valence-electron chi connectivity index (χ2n) is 4.52. The van der Waals surface area contributed by atoms with Gasteiger partial charge in [0.1, 0.15) is 0 Å². The number of nitrogens with zero attached hydrogens (tertiary/aromatic N) is 1. The second-order valence-corrected chi connectivity index (χ2v) is 4.52. The molecule has 0 aliphatic carbocycles. The van der Waals surface area contributed by atoms with E-state index in [1.807, 2.05) is 0 Å². The van der Waals surface area contributed by atoms with Gasteiger partial charge in [-0.2, -0.15) is 0 Å². The molecule has 0 aliphatic heterocycles. The average Bonchev–Trinajstić information content (AvgIpc) is 2.17. The van der Waals surface area contributed by atoms with E-state index in [1.165, 1.54) is 45.2 Å². The Morgan fingerprint density at radius 1 is 0.857 bits per heavy atom. The highest BCUT2D eigenvalue weighted by Gasteiger charge is 2.27. The Morgan fingerprint density at radius 3 is 1.79 bits per heavy atom. The van der Waals surface area contributed by atoms with E-state index in [0.29, 0.717) is 5.54 Å². The van der Waals surface area contributed by atoms with Crippen molar-refractivity contribution in [1.82, 2.24) is 4.90 Å². The van der Waals surface area contributed by atoms with Gasteiger partial charge in [-0.3, -0.25) is 4.90 Å². The van der Waals surface area contributed by atoms with Crippen LogP contribution in [-0.2, 0) is 0 Å². The number of rotatable bonds is 8. The molecule has 0 heterocycles. The van der Waals surface area contributed by atoms with Gasteiger partial charge in [-0.05, 0) is 32.9 Å². The SMILES string of the molecule is CCCCC(C)(CCC)N(CC)CC. The smallest absolute Gasteiger partial charge is 0.0181 e. The minimum atomic E-state index is 0.453. The number of unbranched alkanes of at least 4 members (excludes halogenated alkanes) is 1. The molecule has 86 valence electrons. The maximum absolute atomic E-state index is 2.63. The van der Waals surface area contributed by atoms with Gasteiger partial charge in [0.2, 0.25) is 0 Å². The Labute approximate surface area is 90.9 Å². The summed E-state index contributed by atoms with van der Waals surface area (Å²) in [5.41, 5.74) is 0.453. The van der Waals surface area contributed by atoms with Crippen LogP contribution in [0.25, 0.3) is 0 Å². The third-order valence-electron chi connectivity index (χ3n) is 3.38. The van der Waals surface area contributed by atoms with Crippen molar-refractivity contribution < 1.29 is 0 Å². The first-order valence-corrected chi connectivity index (χ1v) is 6.39. The number of hydrogen-bond donors (Lipinski definition) is 0. The first-order chi connectivity index (χ1) is 6.64. The molecule has 1 heteroatoms. The van der Waals surface area contributed by atoms with Crippen molar-refractivity contribution in [3.05, 3.63) is 0 Å². The Balaban J connectivity index is 4.33. The lowest BCUT2D eigenvalue weighted by atomic mass is 9.88. The Hall–Kier alpha value is -0.0400. The molecule has 0 saturated carbocycles. The van der Waals surface area contributed by atoms with Crippen LogP contribution in [0.15, 0.2) is 0 Å². The molecule has 0 rings (SSSR count). The average molecular weight is 199 g/mol. The second kappa shape index (κ2) is 7.28. The summed E-state index contributed by atoms with van der Waals surface area (Å²) in [6.45, 7) is 14.0. The zero-order chi connectivity index (χ0) is 11.0. The van der Waals surface area contributed by atoms with Gasteiger partial charge in [-0.15, -0.1) is 0 Å². The topological polar surface area (TPSA) is 3.24 Å². The predicted molar refractivity (Wildman–Crippen MR) is 65.8 cm³/mol. The highest BCUT2D eigenvalue weighted by Crippen LogP contribution is 2.27. The molecular weight excluding hydrogens is 170 g/mol. The van der Waals surface area contributed by atoms with Crippen molar-refractivity contribution in [2.45, 2.75) is 72.3 Å². The van der Waals surface area contributed by atoms with Crippen LogP contribution in [0.4, 0.5) is 0 Å². The summed E-state index contributed by atoms with van der Waals surface area (Å²) in [7, 11) is 0. The third-order valence-corrected chi connectivity index (χ3v) is 3.38. The van der Waals surface area contributed by atoms with Crippen LogP contribution in [0, 0.1) is 0 Å². The zero-order valence-corrected chi connectivity index (χ0v) is 10.9. The molecule has 0 bridgehead atoms. The van der Waals surface area contributed by atoms with Crippen LogP contribution < -0.4 is 0 Å². The quantitative estimate of drug-likeness (QED) is 0.569. The first-order valence-electron chi connectivity index (χ1n) is 6.39. The van der Waals surface area contributed by atoms with Crippen molar-refractivity contribution in [2.75, 3.05) is 13.1 Å². The molecule has 0 amide bonds. The van der Waals surface area contributed by atoms with E-state index < -0.39 is 0 Å². The van der Waals surface area contributed by atoms with Crippen LogP contribution in [0.5, 0.6) is 0 Å². The maximum atomic E-state index is 2.63. The van der Waals surface area contributed by atoms with Crippen LogP contribution in [0.2, 0.25) is 0 Å². The molecule has 1 atom stereocenters. The summed E-state index contributed by atoms with van der Waals surface area (Å²) in [6.07, 6.45) is 6.69. The fourth-order valence-corrected chi connectivity index (χ4v) is 2.52. The van der Waals surface area contributed by atoms with E-state index in [2.05, 4.69) is 39.5 Å². The van der Waals surface area contributed by atoms with E-state index in [-0.39, 0.29) is 0 Å². The van der Waals surface area contributed by atoms with Gasteiger partial charge in [0.15, 0.2) is 0 Å². The van der Waals surface area contributed by atoms with Gasteiger partial charge in [-0.25, -0.2) is 0 Å². The fourth-order valence-electron chi connectivity index (χ4n) is 2.52. The third kappa shape index (κ3) is 4.00. The lowest BCUT2D eigenvalue weighted by Crippen LogP contribution is -2.46. The van der Waals surface area contributed by atoms with Gasteiger partial charge in [0.25, 0.3) is 0 Å². The Bertz CT molecular complexity index is 129. The molecule has 0 aromatic heterocycles. The van der Waals surface area contributed by atoms with E-state index in [9.17, 15) is 0 Å². The lowest BCUT2D eigenvalue weighted by Gasteiger charge is -2.40. The highest BCUT2D eigenvalue weighted by molar-refractivity contribution is 4.84. The summed E-state index contributed by atoms with van der Waals surface area (Å²) < 4.78 is 0. The Kier molecular flexibility index (Phi) is 7.26. The molecule has 14 heavy (non-hydrogen) atoms. The van der Waals surface area contributed by atoms with Crippen molar-refractivity contribution in [3.8, 4) is 0 Å². The summed E-state index contributed by atoms with van der Waals surface area (Å²) in [5, 5.41) is 0. The van der Waals surface area contributed by atoms with Crippen LogP contribution in [-0.4, -0.2) is 23.5 Å². The first kappa shape index (κ1) is 14.0. The van der Waals surface area contributed by atoms with Crippen LogP contribution >= 0.6 is 0 Å². The predicted octanol–water partition coefficient (Wildman–Crippen LogP) is 4.08. The van der Waals surface area contributed by atoms with Gasteiger partial charge < -0.3 is 0 Å². The van der Waals surface area contributed by atoms with E-state index in [4.69, 9.17) is 0 Å². The van der Waals surface area contributed by atoms with Crippen molar-refractivity contribution in [2.24, 2.45) is 0 Å². The fraction of sp³-hybridized carbons (Fsp3) is 1.00. The molecular formula is C13H29N. The molecule has 1 nitrogen and oxygen atoms in total. The molecule has 1 unspecified atom stereocenters. The largest absolute Gasteiger partial charge is 0.298 e. The molecule has 0 aromatic carbocycles. The summed E-state index contributed by atoms with van der Waals surface area (Å²) in [4.78, 5) is 2.63. The number of hydrogen-bond acceptors (Lipinski definition) is 1. The molecule has 0 radical (unpaired) electrons. The van der Waals surface area contributed by atoms with Gasteiger partial charge in [-0.1, -0.05) is 47.0 Å². The van der Waals surface area contributed by atoms with Gasteiger partial charge >= 0.3 is 0 Å². The monoisotopic (exact) mass is 199 g/mol. The van der Waals surface area contributed by atoms with Crippen LogP contribution in [0.3, 0.4) is 0 Å². The Morgan fingerprint density at radius 2 is 1.43 bits per heavy atom. The minimum Gasteiger partial charge on any atom is -0.298 e. The van der Waals surface area contributed by atoms with Crippen molar-refractivity contribution in [3.63, 3.8) is 0 Å². The van der Waals surface area contributed by atoms with Gasteiger partial charge in [0, 0.05) is 5.54 Å². The highest BCUT2D eigenvalue weighted by atomic mass is 15.2. The molecule has 0 N–H and O–H groups in total. The minimum absolute atomic E-state index is 0.453. The lowest BCUT2D eigenvalue weighted by molar-refractivity contribution is 0.0943. The molecule has 0 aliphatic rings. The normalized spacial score (nSPS) is 15.9. The van der Waals surface area contributed by atoms with E-state index in [1.54, 1.807) is 0 Å². The van der Waals surface area contributed by atoms with E-state index >= 15 is 0 Å². The van der Waals surface area contributed by atoms with Crippen molar-refractivity contribution in [1.29, 1.82) is 0 Å². The summed E-state index contributed by atoms with van der Waals surface area (Å²) in [6, 6.07) is 0. The zero-order valence-electron chi connectivity index (χ0n) is 10.9. The summed E-state index contributed by atoms with van der Waals surface area (Å²) >= 11 is 0. The van der Waals surface area contributed by atoms with Crippen LogP contribution in [0.1, 0.15) is 66.7 Å². The summed E-state index contributed by atoms with van der Waals surface area (Å²) in [5.74, 6) is 0. The molecule has 0 spiro atoms. The van der Waals surface area contributed by atoms with Gasteiger partial charge in [0.05, 0.1) is 0 Å². The standard InChI is InChI=1S/C13H29N/c1-6-10-12-13(5,11-7-2)14(8-3)9-4/h6-12H2,1-5H3. The van der Waals surface area contributed by atoms with E-state index in [0.717, 1.165) is 0 Å². The molecule has 0 fully saturated rings. The maximum Gasteiger partial charge on any atom is 0.0181 e.